The average molecular weight is 730 g/mol. The zero-order valence-corrected chi connectivity index (χ0v) is 30.5. The van der Waals surface area contributed by atoms with Gasteiger partial charge in [-0.25, -0.2) is 9.37 Å². The summed E-state index contributed by atoms with van der Waals surface area (Å²) < 4.78 is 20.0. The Labute approximate surface area is 311 Å². The second-order valence-electron chi connectivity index (χ2n) is 14.1. The largest absolute Gasteiger partial charge is 0.381 e. The Balaban J connectivity index is 0.981. The van der Waals surface area contributed by atoms with Crippen LogP contribution in [0.1, 0.15) is 66.8 Å². The van der Waals surface area contributed by atoms with Crippen molar-refractivity contribution in [3.05, 3.63) is 124 Å². The van der Waals surface area contributed by atoms with Crippen molar-refractivity contribution in [1.82, 2.24) is 4.98 Å². The van der Waals surface area contributed by atoms with Crippen molar-refractivity contribution in [3.8, 4) is 10.4 Å². The molecule has 5 heterocycles. The maximum Gasteiger partial charge on any atom is 0.265 e. The van der Waals surface area contributed by atoms with Crippen LogP contribution in [0.25, 0.3) is 10.4 Å². The first-order valence-electron chi connectivity index (χ1n) is 18.1. The number of pyridine rings is 1. The zero-order chi connectivity index (χ0) is 36.7. The van der Waals surface area contributed by atoms with Crippen molar-refractivity contribution < 1.29 is 23.5 Å². The van der Waals surface area contributed by atoms with Gasteiger partial charge in [-0.05, 0) is 97.8 Å². The molecule has 3 aromatic carbocycles. The summed E-state index contributed by atoms with van der Waals surface area (Å²) in [4.78, 5) is 51.1. The van der Waals surface area contributed by atoms with Gasteiger partial charge in [0.15, 0.2) is 0 Å². The van der Waals surface area contributed by atoms with Gasteiger partial charge in [0.1, 0.15) is 11.6 Å². The molecule has 0 aliphatic carbocycles. The number of nitrogens with zero attached hydrogens (tertiary/aromatic N) is 3. The van der Waals surface area contributed by atoms with Crippen molar-refractivity contribution >= 4 is 51.9 Å². The van der Waals surface area contributed by atoms with E-state index in [-0.39, 0.29) is 28.8 Å². The van der Waals surface area contributed by atoms with Crippen LogP contribution in [0.4, 0.5) is 27.3 Å². The van der Waals surface area contributed by atoms with Gasteiger partial charge in [0.25, 0.3) is 17.7 Å². The first kappa shape index (κ1) is 34.7. The number of amides is 3. The first-order valence-corrected chi connectivity index (χ1v) is 18.9. The Kier molecular flexibility index (Phi) is 9.30. The zero-order valence-electron chi connectivity index (χ0n) is 29.7. The number of halogens is 1. The van der Waals surface area contributed by atoms with E-state index in [9.17, 15) is 18.8 Å². The number of anilines is 4. The van der Waals surface area contributed by atoms with Crippen LogP contribution >= 0.6 is 11.3 Å². The third kappa shape index (κ3) is 6.71. The standard InChI is InChI=1S/C42H40FN5O4S/c1-3-27-21-32(38(44-23-27)47-24-42(25-47)16-19-52-20-17-42)39(49)45-30-13-11-28(12-14-30)41(51)48-18-15-29-22-35(53-37(29)31-8-4-5-10-34(31)48)40(50)46-36-26(2)7-6-9-33(36)43/h4-14,21-23H,3,15-20,24-25H2,1-2H3,(H,45,49)(H,46,50). The number of hydrogen-bond donors (Lipinski definition) is 2. The molecule has 53 heavy (non-hydrogen) atoms. The van der Waals surface area contributed by atoms with E-state index in [4.69, 9.17) is 9.72 Å². The van der Waals surface area contributed by atoms with Gasteiger partial charge in [0, 0.05) is 66.2 Å². The second kappa shape index (κ2) is 14.2. The number of hydrogen-bond acceptors (Lipinski definition) is 7. The van der Waals surface area contributed by atoms with Crippen molar-refractivity contribution in [3.63, 3.8) is 0 Å². The Bertz CT molecular complexity index is 2200. The molecule has 0 unspecified atom stereocenters. The smallest absolute Gasteiger partial charge is 0.265 e. The van der Waals surface area contributed by atoms with Gasteiger partial charge >= 0.3 is 0 Å². The molecule has 3 aliphatic heterocycles. The van der Waals surface area contributed by atoms with Gasteiger partial charge in [-0.3, -0.25) is 14.4 Å². The molecular formula is C42H40FN5O4S. The molecule has 8 rings (SSSR count). The molecule has 270 valence electrons. The Morgan fingerprint density at radius 3 is 2.47 bits per heavy atom. The molecule has 9 nitrogen and oxygen atoms in total. The van der Waals surface area contributed by atoms with Crippen LogP contribution in [0.3, 0.4) is 0 Å². The number of benzene rings is 3. The molecule has 1 spiro atoms. The second-order valence-corrected chi connectivity index (χ2v) is 15.2. The van der Waals surface area contributed by atoms with Crippen LogP contribution in [0.15, 0.2) is 85.1 Å². The van der Waals surface area contributed by atoms with E-state index >= 15 is 0 Å². The summed E-state index contributed by atoms with van der Waals surface area (Å²) in [6.45, 7) is 7.49. The minimum absolute atomic E-state index is 0.166. The molecule has 2 fully saturated rings. The minimum atomic E-state index is -0.481. The predicted octanol–water partition coefficient (Wildman–Crippen LogP) is 8.14. The minimum Gasteiger partial charge on any atom is -0.381 e. The quantitative estimate of drug-likeness (QED) is 0.175. The molecule has 11 heteroatoms. The Morgan fingerprint density at radius 1 is 0.943 bits per heavy atom. The topological polar surface area (TPSA) is 104 Å². The molecular weight excluding hydrogens is 690 g/mol. The van der Waals surface area contributed by atoms with Gasteiger partial charge in [-0.15, -0.1) is 11.3 Å². The summed E-state index contributed by atoms with van der Waals surface area (Å²) in [6.07, 6.45) is 5.21. The third-order valence-corrected chi connectivity index (χ3v) is 11.9. The fraction of sp³-hybridized carbons (Fsp3) is 0.286. The van der Waals surface area contributed by atoms with Crippen molar-refractivity contribution in [1.29, 1.82) is 0 Å². The van der Waals surface area contributed by atoms with Crippen molar-refractivity contribution in [2.24, 2.45) is 5.41 Å². The highest BCUT2D eigenvalue weighted by atomic mass is 32.1. The fourth-order valence-corrected chi connectivity index (χ4v) is 8.72. The van der Waals surface area contributed by atoms with Crippen LogP contribution in [0.2, 0.25) is 0 Å². The number of rotatable bonds is 7. The number of thiophene rings is 1. The van der Waals surface area contributed by atoms with Crippen LogP contribution < -0.4 is 20.4 Å². The highest BCUT2D eigenvalue weighted by molar-refractivity contribution is 7.17. The molecule has 0 saturated carbocycles. The van der Waals surface area contributed by atoms with Crippen LogP contribution in [0, 0.1) is 18.2 Å². The van der Waals surface area contributed by atoms with Gasteiger partial charge in [-0.1, -0.05) is 37.3 Å². The normalized spacial score (nSPS) is 15.9. The summed E-state index contributed by atoms with van der Waals surface area (Å²) in [5.74, 6) is -0.557. The fourth-order valence-electron chi connectivity index (χ4n) is 7.58. The maximum atomic E-state index is 14.5. The lowest BCUT2D eigenvalue weighted by molar-refractivity contribution is -0.000511. The number of ether oxygens (including phenoxy) is 1. The van der Waals surface area contributed by atoms with Crippen molar-refractivity contribution in [2.45, 2.75) is 39.5 Å². The number of para-hydroxylation sites is 2. The summed E-state index contributed by atoms with van der Waals surface area (Å²) in [5.41, 5.74) is 6.21. The lowest BCUT2D eigenvalue weighted by atomic mass is 9.73. The number of aromatic nitrogens is 1. The van der Waals surface area contributed by atoms with Gasteiger partial charge in [0.05, 0.1) is 21.8 Å². The number of nitrogens with one attached hydrogen (secondary N) is 2. The Morgan fingerprint density at radius 2 is 1.72 bits per heavy atom. The van der Waals surface area contributed by atoms with Gasteiger partial charge in [-0.2, -0.15) is 0 Å². The first-order chi connectivity index (χ1) is 25.7. The van der Waals surface area contributed by atoms with E-state index in [2.05, 4.69) is 15.5 Å². The molecule has 2 N–H and O–H groups in total. The number of carbonyl (C=O) groups excluding carboxylic acids is 3. The molecule has 0 radical (unpaired) electrons. The van der Waals surface area contributed by atoms with E-state index in [1.807, 2.05) is 49.5 Å². The predicted molar refractivity (Wildman–Crippen MR) is 207 cm³/mol. The van der Waals surface area contributed by atoms with E-state index < -0.39 is 5.82 Å². The monoisotopic (exact) mass is 729 g/mol. The number of carbonyl (C=O) groups is 3. The van der Waals surface area contributed by atoms with Crippen LogP contribution in [0.5, 0.6) is 0 Å². The van der Waals surface area contributed by atoms with E-state index in [0.717, 1.165) is 72.8 Å². The van der Waals surface area contributed by atoms with Crippen LogP contribution in [-0.4, -0.2) is 55.6 Å². The summed E-state index contributed by atoms with van der Waals surface area (Å²) in [6, 6.07) is 23.1. The van der Waals surface area contributed by atoms with Gasteiger partial charge < -0.3 is 25.2 Å². The molecule has 0 bridgehead atoms. The van der Waals surface area contributed by atoms with E-state index in [0.29, 0.717) is 46.0 Å². The summed E-state index contributed by atoms with van der Waals surface area (Å²) in [7, 11) is 0. The van der Waals surface area contributed by atoms with Gasteiger partial charge in [0.2, 0.25) is 0 Å². The lowest BCUT2D eigenvalue weighted by Crippen LogP contribution is -2.59. The lowest BCUT2D eigenvalue weighted by Gasteiger charge is -2.53. The molecule has 0 atom stereocenters. The summed E-state index contributed by atoms with van der Waals surface area (Å²) >= 11 is 1.34. The third-order valence-electron chi connectivity index (χ3n) is 10.7. The highest BCUT2D eigenvalue weighted by Crippen LogP contribution is 2.44. The van der Waals surface area contributed by atoms with Crippen LogP contribution in [-0.2, 0) is 17.6 Å². The molecule has 3 aliphatic rings. The maximum absolute atomic E-state index is 14.5. The Hall–Kier alpha value is -5.39. The summed E-state index contributed by atoms with van der Waals surface area (Å²) in [5, 5.41) is 5.78. The van der Waals surface area contributed by atoms with E-state index in [1.54, 1.807) is 48.2 Å². The molecule has 5 aromatic rings. The molecule has 3 amide bonds. The average Bonchev–Trinajstić information content (AvgIpc) is 3.53. The van der Waals surface area contributed by atoms with Crippen molar-refractivity contribution in [2.75, 3.05) is 53.3 Å². The number of aryl methyl sites for hydroxylation is 2. The number of fused-ring (bicyclic) bond motifs is 3. The van der Waals surface area contributed by atoms with E-state index in [1.165, 1.54) is 17.4 Å². The molecule has 2 saturated heterocycles. The highest BCUT2D eigenvalue weighted by Gasteiger charge is 2.45. The molecule has 2 aromatic heterocycles. The SMILES string of the molecule is CCc1cnc(N2CC3(CCOCC3)C2)c(C(=O)Nc2ccc(C(=O)N3CCc4cc(C(=O)Nc5c(C)cccc5F)sc4-c4ccccc43)cc2)c1.